The topological polar surface area (TPSA) is 56.7 Å². The lowest BCUT2D eigenvalue weighted by Gasteiger charge is -2.34. The molecule has 0 atom stereocenters. The van der Waals surface area contributed by atoms with Crippen LogP contribution in [0.4, 0.5) is 0 Å². The van der Waals surface area contributed by atoms with Crippen molar-refractivity contribution in [2.75, 3.05) is 0 Å². The summed E-state index contributed by atoms with van der Waals surface area (Å²) in [5.41, 5.74) is 9.83. The highest BCUT2D eigenvalue weighted by atomic mass is 28.3. The first-order valence-corrected chi connectivity index (χ1v) is 25.4. The lowest BCUT2D eigenvalue weighted by atomic mass is 9.92. The maximum absolute atomic E-state index is 6.64. The van der Waals surface area contributed by atoms with Crippen LogP contribution >= 0.6 is 0 Å². The maximum Gasteiger partial charge on any atom is 0.238 e. The molecule has 13 aromatic rings. The first-order valence-electron chi connectivity index (χ1n) is 23.4. The minimum absolute atomic E-state index is 0.539. The zero-order valence-corrected chi connectivity index (χ0v) is 38.4. The van der Waals surface area contributed by atoms with E-state index in [2.05, 4.69) is 229 Å². The first-order chi connectivity index (χ1) is 34.2. The number of nitrogens with zero attached hydrogens (tertiary/aromatic N) is 4. The molecule has 0 radical (unpaired) electrons. The molecule has 69 heavy (non-hydrogen) atoms. The summed E-state index contributed by atoms with van der Waals surface area (Å²) >= 11 is 0. The zero-order valence-electron chi connectivity index (χ0n) is 37.4. The van der Waals surface area contributed by atoms with Gasteiger partial charge >= 0.3 is 0 Å². The Kier molecular flexibility index (Phi) is 9.77. The number of benzene rings is 10. The highest BCUT2D eigenvalue weighted by Gasteiger charge is 2.41. The third-order valence-electron chi connectivity index (χ3n) is 13.6. The van der Waals surface area contributed by atoms with Gasteiger partial charge in [0, 0.05) is 43.8 Å². The van der Waals surface area contributed by atoms with Gasteiger partial charge in [0.1, 0.15) is 11.2 Å². The van der Waals surface area contributed by atoms with Crippen molar-refractivity contribution >= 4 is 72.6 Å². The predicted molar refractivity (Wildman–Crippen MR) is 287 cm³/mol. The summed E-state index contributed by atoms with van der Waals surface area (Å²) in [6, 6.07) is 90.8. The molecule has 5 nitrogen and oxygen atoms in total. The number of fused-ring (bicyclic) bond motifs is 6. The summed E-state index contributed by atoms with van der Waals surface area (Å²) in [7, 11) is -2.87. The van der Waals surface area contributed by atoms with E-state index in [0.29, 0.717) is 17.6 Å². The Bertz CT molecular complexity index is 3920. The van der Waals surface area contributed by atoms with E-state index in [9.17, 15) is 0 Å². The van der Waals surface area contributed by atoms with Gasteiger partial charge in [-0.15, -0.1) is 0 Å². The molecule has 13 rings (SSSR count). The molecule has 6 heteroatoms. The average Bonchev–Trinajstić information content (AvgIpc) is 3.99. The van der Waals surface area contributed by atoms with Gasteiger partial charge in [0.25, 0.3) is 0 Å². The van der Waals surface area contributed by atoms with Crippen LogP contribution in [-0.2, 0) is 0 Å². The summed E-state index contributed by atoms with van der Waals surface area (Å²) in [6.45, 7) is 0. The SMILES string of the molecule is c1ccc(-c2nc(-c3cccc([Si](c4ccccc4)(c4ccccc4)c4ccccc4)c3)nc(-n3c4ccccc4c4cccc(-c5ccccc5-c5cccc6c5oc5ccccc56)c43)n2)cc1. The van der Waals surface area contributed by atoms with Crippen molar-refractivity contribution in [3.8, 4) is 51.0 Å². The first kappa shape index (κ1) is 40.3. The summed E-state index contributed by atoms with van der Waals surface area (Å²) in [5, 5.41) is 9.56. The number of para-hydroxylation sites is 4. The van der Waals surface area contributed by atoms with Crippen LogP contribution in [0.3, 0.4) is 0 Å². The van der Waals surface area contributed by atoms with Gasteiger partial charge in [0.2, 0.25) is 5.95 Å². The monoisotopic (exact) mass is 898 g/mol. The Balaban J connectivity index is 1.07. The molecular formula is C63H42N4OSi. The van der Waals surface area contributed by atoms with Crippen molar-refractivity contribution in [3.63, 3.8) is 0 Å². The Morgan fingerprint density at radius 1 is 0.333 bits per heavy atom. The summed E-state index contributed by atoms with van der Waals surface area (Å²) < 4.78 is 8.89. The van der Waals surface area contributed by atoms with Crippen LogP contribution in [-0.4, -0.2) is 27.6 Å². The largest absolute Gasteiger partial charge is 0.455 e. The third-order valence-corrected chi connectivity index (χ3v) is 18.4. The molecule has 324 valence electrons. The van der Waals surface area contributed by atoms with Gasteiger partial charge < -0.3 is 4.42 Å². The van der Waals surface area contributed by atoms with E-state index in [1.54, 1.807) is 0 Å². The van der Waals surface area contributed by atoms with Gasteiger partial charge in [0.05, 0.1) is 11.0 Å². The smallest absolute Gasteiger partial charge is 0.238 e. The van der Waals surface area contributed by atoms with Crippen molar-refractivity contribution in [1.29, 1.82) is 0 Å². The van der Waals surface area contributed by atoms with Crippen molar-refractivity contribution < 1.29 is 4.42 Å². The molecule has 10 aromatic carbocycles. The normalized spacial score (nSPS) is 11.8. The second-order valence-corrected chi connectivity index (χ2v) is 21.3. The second-order valence-electron chi connectivity index (χ2n) is 17.5. The fraction of sp³-hybridized carbons (Fsp3) is 0. The molecule has 0 aliphatic rings. The summed E-state index contributed by atoms with van der Waals surface area (Å²) in [6.07, 6.45) is 0. The minimum atomic E-state index is -2.87. The standard InChI is InChI=1S/C63H42N4OSi/c1-5-22-43(23-6-1)61-64-62(44-24-19-31-48(42-44)69(45-25-7-2-8-26-45,46-27-9-3-10-28-46)47-29-11-4-12-30-47)66-63(65-61)67-57-40-17-15-34-51(57)54-37-20-36-53(59(54)67)49-32-13-14-33-50(49)55-38-21-39-56-52-35-16-18-41-58(52)68-60(55)56/h1-42H. The van der Waals surface area contributed by atoms with Crippen LogP contribution in [0.1, 0.15) is 0 Å². The molecular weight excluding hydrogens is 857 g/mol. The average molecular weight is 899 g/mol. The Hall–Kier alpha value is -8.97. The molecule has 0 amide bonds. The van der Waals surface area contributed by atoms with Crippen LogP contribution < -0.4 is 20.7 Å². The third kappa shape index (κ3) is 6.64. The maximum atomic E-state index is 6.64. The number of aromatic nitrogens is 4. The van der Waals surface area contributed by atoms with Crippen molar-refractivity contribution in [1.82, 2.24) is 19.5 Å². The van der Waals surface area contributed by atoms with Gasteiger partial charge in [0.15, 0.2) is 19.7 Å². The van der Waals surface area contributed by atoms with Gasteiger partial charge in [-0.2, -0.15) is 9.97 Å². The van der Waals surface area contributed by atoms with Gasteiger partial charge in [-0.25, -0.2) is 4.98 Å². The molecule has 0 saturated heterocycles. The Labute approximate surface area is 400 Å². The second kappa shape index (κ2) is 16.7. The van der Waals surface area contributed by atoms with E-state index < -0.39 is 8.07 Å². The molecule has 0 unspecified atom stereocenters. The van der Waals surface area contributed by atoms with Crippen LogP contribution in [0.15, 0.2) is 259 Å². The van der Waals surface area contributed by atoms with Crippen molar-refractivity contribution in [2.24, 2.45) is 0 Å². The van der Waals surface area contributed by atoms with Crippen LogP contribution in [0, 0.1) is 0 Å². The van der Waals surface area contributed by atoms with Crippen molar-refractivity contribution in [2.45, 2.75) is 0 Å². The number of hydrogen-bond acceptors (Lipinski definition) is 4. The van der Waals surface area contributed by atoms with Gasteiger partial charge in [-0.3, -0.25) is 4.57 Å². The molecule has 0 spiro atoms. The molecule has 3 heterocycles. The molecule has 0 fully saturated rings. The van der Waals surface area contributed by atoms with Crippen LogP contribution in [0.5, 0.6) is 0 Å². The summed E-state index contributed by atoms with van der Waals surface area (Å²) in [4.78, 5) is 16.3. The van der Waals surface area contributed by atoms with Crippen molar-refractivity contribution in [3.05, 3.63) is 255 Å². The lowest BCUT2D eigenvalue weighted by molar-refractivity contribution is 0.670. The predicted octanol–water partition coefficient (Wildman–Crippen LogP) is 12.9. The number of furan rings is 1. The van der Waals surface area contributed by atoms with E-state index in [1.165, 1.54) is 20.7 Å². The number of hydrogen-bond donors (Lipinski definition) is 0. The van der Waals surface area contributed by atoms with E-state index in [4.69, 9.17) is 19.4 Å². The molecule has 0 saturated carbocycles. The van der Waals surface area contributed by atoms with Crippen LogP contribution in [0.2, 0.25) is 0 Å². The quantitative estimate of drug-likeness (QED) is 0.107. The highest BCUT2D eigenvalue weighted by Crippen LogP contribution is 2.44. The number of rotatable bonds is 9. The van der Waals surface area contributed by atoms with E-state index in [1.807, 2.05) is 30.3 Å². The zero-order chi connectivity index (χ0) is 45.7. The fourth-order valence-corrected chi connectivity index (χ4v) is 15.4. The van der Waals surface area contributed by atoms with Gasteiger partial charge in [-0.1, -0.05) is 243 Å². The molecule has 3 aromatic heterocycles. The lowest BCUT2D eigenvalue weighted by Crippen LogP contribution is -2.74. The van der Waals surface area contributed by atoms with Crippen LogP contribution in [0.25, 0.3) is 94.7 Å². The molecule has 0 N–H and O–H groups in total. The van der Waals surface area contributed by atoms with Gasteiger partial charge in [-0.05, 0) is 44.0 Å². The highest BCUT2D eigenvalue weighted by molar-refractivity contribution is 7.19. The Morgan fingerprint density at radius 3 is 1.48 bits per heavy atom. The Morgan fingerprint density at radius 2 is 0.797 bits per heavy atom. The van der Waals surface area contributed by atoms with E-state index >= 15 is 0 Å². The minimum Gasteiger partial charge on any atom is -0.455 e. The fourth-order valence-electron chi connectivity index (χ4n) is 10.6. The van der Waals surface area contributed by atoms with E-state index in [-0.39, 0.29) is 0 Å². The molecule has 0 aliphatic carbocycles. The van der Waals surface area contributed by atoms with E-state index in [0.717, 1.165) is 77.1 Å². The molecule has 0 aliphatic heterocycles. The summed E-state index contributed by atoms with van der Waals surface area (Å²) in [5.74, 6) is 1.73. The molecule has 0 bridgehead atoms.